The van der Waals surface area contributed by atoms with Crippen LogP contribution in [0.15, 0.2) is 64.0 Å². The first-order chi connectivity index (χ1) is 15.7. The molecule has 3 heterocycles. The summed E-state index contributed by atoms with van der Waals surface area (Å²) in [4.78, 5) is 20.7. The second kappa shape index (κ2) is 9.29. The van der Waals surface area contributed by atoms with Crippen LogP contribution >= 0.6 is 11.3 Å². The Labute approximate surface area is 196 Å². The topological polar surface area (TPSA) is 126 Å². The number of aromatic nitrogens is 2. The number of piperidine rings is 1. The molecule has 9 nitrogen and oxygen atoms in total. The van der Waals surface area contributed by atoms with Crippen molar-refractivity contribution in [2.45, 2.75) is 22.6 Å². The molecule has 1 aliphatic heterocycles. The minimum Gasteiger partial charge on any atom is -0.302 e. The highest BCUT2D eigenvalue weighted by Gasteiger charge is 2.34. The Kier molecular flexibility index (Phi) is 6.61. The molecule has 0 radical (unpaired) electrons. The Morgan fingerprint density at radius 1 is 1.03 bits per heavy atom. The molecule has 174 valence electrons. The van der Waals surface area contributed by atoms with Gasteiger partial charge in [0.15, 0.2) is 15.0 Å². The molecule has 2 aromatic heterocycles. The van der Waals surface area contributed by atoms with E-state index in [1.54, 1.807) is 12.4 Å². The van der Waals surface area contributed by atoms with Crippen LogP contribution in [-0.2, 0) is 24.7 Å². The van der Waals surface area contributed by atoms with Gasteiger partial charge in [0.1, 0.15) is 4.90 Å². The normalized spacial score (nSPS) is 15.9. The quantitative estimate of drug-likeness (QED) is 0.545. The van der Waals surface area contributed by atoms with Crippen LogP contribution in [0.25, 0.3) is 11.3 Å². The summed E-state index contributed by atoms with van der Waals surface area (Å²) in [5.41, 5.74) is 1.64. The van der Waals surface area contributed by atoms with Crippen molar-refractivity contribution in [2.24, 2.45) is 5.92 Å². The van der Waals surface area contributed by atoms with Crippen LogP contribution in [0.1, 0.15) is 12.8 Å². The van der Waals surface area contributed by atoms with Gasteiger partial charge in [-0.15, -0.1) is 11.3 Å². The third kappa shape index (κ3) is 5.13. The first-order valence-corrected chi connectivity index (χ1v) is 14.3. The molecule has 0 bridgehead atoms. The fourth-order valence-electron chi connectivity index (χ4n) is 3.66. The van der Waals surface area contributed by atoms with Crippen molar-refractivity contribution in [1.82, 2.24) is 14.3 Å². The molecule has 33 heavy (non-hydrogen) atoms. The molecule has 0 aliphatic carbocycles. The van der Waals surface area contributed by atoms with Gasteiger partial charge >= 0.3 is 0 Å². The molecule has 0 unspecified atom stereocenters. The Balaban J connectivity index is 1.41. The van der Waals surface area contributed by atoms with Gasteiger partial charge in [-0.3, -0.25) is 9.78 Å². The first-order valence-electron chi connectivity index (χ1n) is 10.1. The van der Waals surface area contributed by atoms with Crippen molar-refractivity contribution in [3.05, 3.63) is 54.2 Å². The number of carbonyl (C=O) groups excluding carboxylic acids is 1. The molecule has 3 aromatic rings. The summed E-state index contributed by atoms with van der Waals surface area (Å²) in [6.45, 7) is 0.247. The van der Waals surface area contributed by atoms with Crippen molar-refractivity contribution in [2.75, 3.05) is 24.7 Å². The van der Waals surface area contributed by atoms with Crippen molar-refractivity contribution in [1.29, 1.82) is 0 Å². The van der Waals surface area contributed by atoms with Crippen molar-refractivity contribution in [3.63, 3.8) is 0 Å². The van der Waals surface area contributed by atoms with E-state index in [-0.39, 0.29) is 34.7 Å². The van der Waals surface area contributed by atoms with Crippen LogP contribution in [0.2, 0.25) is 0 Å². The zero-order valence-corrected chi connectivity index (χ0v) is 20.2. The Morgan fingerprint density at radius 2 is 1.67 bits per heavy atom. The number of carbonyl (C=O) groups is 1. The van der Waals surface area contributed by atoms with Crippen LogP contribution < -0.4 is 5.32 Å². The molecule has 1 N–H and O–H groups in total. The number of benzene rings is 1. The molecule has 1 aromatic carbocycles. The van der Waals surface area contributed by atoms with E-state index in [1.165, 1.54) is 39.9 Å². The predicted octanol–water partition coefficient (Wildman–Crippen LogP) is 2.65. The van der Waals surface area contributed by atoms with Crippen molar-refractivity contribution < 1.29 is 21.6 Å². The van der Waals surface area contributed by atoms with E-state index in [9.17, 15) is 21.6 Å². The molecule has 0 atom stereocenters. The zero-order valence-electron chi connectivity index (χ0n) is 17.7. The van der Waals surface area contributed by atoms with Crippen LogP contribution in [0, 0.1) is 5.92 Å². The molecular weight excluding hydrogens is 484 g/mol. The van der Waals surface area contributed by atoms with Crippen molar-refractivity contribution >= 4 is 42.2 Å². The molecule has 1 amide bonds. The van der Waals surface area contributed by atoms with Gasteiger partial charge in [0, 0.05) is 48.6 Å². The van der Waals surface area contributed by atoms with E-state index in [1.807, 2.05) is 17.5 Å². The maximum Gasteiger partial charge on any atom is 0.244 e. The highest BCUT2D eigenvalue weighted by Crippen LogP contribution is 2.29. The zero-order chi connectivity index (χ0) is 23.6. The maximum absolute atomic E-state index is 13.1. The van der Waals surface area contributed by atoms with E-state index < -0.39 is 19.9 Å². The van der Waals surface area contributed by atoms with E-state index in [4.69, 9.17) is 0 Å². The number of nitrogens with zero attached hydrogens (tertiary/aromatic N) is 3. The third-order valence-corrected chi connectivity index (χ3v) is 9.40. The van der Waals surface area contributed by atoms with Gasteiger partial charge in [-0.25, -0.2) is 21.8 Å². The predicted molar refractivity (Wildman–Crippen MR) is 125 cm³/mol. The van der Waals surface area contributed by atoms with Gasteiger partial charge in [0.25, 0.3) is 0 Å². The third-order valence-electron chi connectivity index (χ3n) is 5.40. The number of nitrogens with one attached hydrogen (secondary N) is 1. The summed E-state index contributed by atoms with van der Waals surface area (Å²) in [5.74, 6) is -0.575. The van der Waals surface area contributed by atoms with E-state index in [2.05, 4.69) is 15.3 Å². The number of thiazole rings is 1. The number of pyridine rings is 1. The van der Waals surface area contributed by atoms with Crippen LogP contribution in [0.5, 0.6) is 0 Å². The Hall–Kier alpha value is -2.67. The fourth-order valence-corrected chi connectivity index (χ4v) is 7.46. The molecule has 0 saturated carbocycles. The number of anilines is 1. The van der Waals surface area contributed by atoms with E-state index >= 15 is 0 Å². The van der Waals surface area contributed by atoms with Gasteiger partial charge in [-0.1, -0.05) is 12.1 Å². The number of hydrogen-bond acceptors (Lipinski definition) is 8. The molecule has 1 aliphatic rings. The number of amides is 1. The largest absolute Gasteiger partial charge is 0.302 e. The number of sulfonamides is 1. The Bertz CT molecular complexity index is 1360. The highest BCUT2D eigenvalue weighted by molar-refractivity contribution is 7.93. The van der Waals surface area contributed by atoms with Gasteiger partial charge < -0.3 is 5.32 Å². The van der Waals surface area contributed by atoms with E-state index in [0.29, 0.717) is 18.0 Å². The summed E-state index contributed by atoms with van der Waals surface area (Å²) in [6, 6.07) is 9.24. The van der Waals surface area contributed by atoms with Gasteiger partial charge in [-0.05, 0) is 37.1 Å². The lowest BCUT2D eigenvalue weighted by atomic mass is 9.97. The summed E-state index contributed by atoms with van der Waals surface area (Å²) in [5, 5.41) is 5.14. The van der Waals surface area contributed by atoms with Crippen LogP contribution in [0.3, 0.4) is 0 Å². The minimum absolute atomic E-state index is 0.124. The van der Waals surface area contributed by atoms with Gasteiger partial charge in [0.2, 0.25) is 15.9 Å². The van der Waals surface area contributed by atoms with Crippen LogP contribution in [0.4, 0.5) is 5.13 Å². The minimum atomic E-state index is -4.00. The second-order valence-electron chi connectivity index (χ2n) is 7.66. The summed E-state index contributed by atoms with van der Waals surface area (Å²) < 4.78 is 51.6. The summed E-state index contributed by atoms with van der Waals surface area (Å²) in [6.07, 6.45) is 4.98. The highest BCUT2D eigenvalue weighted by atomic mass is 32.2. The summed E-state index contributed by atoms with van der Waals surface area (Å²) >= 11 is 1.32. The second-order valence-corrected chi connectivity index (χ2v) is 12.4. The Morgan fingerprint density at radius 3 is 2.30 bits per heavy atom. The lowest BCUT2D eigenvalue weighted by Gasteiger charge is -2.30. The lowest BCUT2D eigenvalue weighted by Crippen LogP contribution is -2.41. The molecule has 1 saturated heterocycles. The van der Waals surface area contributed by atoms with Gasteiger partial charge in [-0.2, -0.15) is 4.31 Å². The molecule has 0 spiro atoms. The van der Waals surface area contributed by atoms with Crippen molar-refractivity contribution in [3.8, 4) is 11.3 Å². The standard InChI is InChI=1S/C21H22N4O5S3/c1-32(27,28)18-4-2-3-5-19(18)33(29,30)25-12-8-16(9-13-25)20(26)24-21-23-17(14-31-21)15-6-10-22-11-7-15/h2-7,10-11,14,16H,8-9,12-13H2,1H3,(H,23,24,26). The van der Waals surface area contributed by atoms with Gasteiger partial charge in [0.05, 0.1) is 10.6 Å². The average molecular weight is 507 g/mol. The number of rotatable bonds is 6. The van der Waals surface area contributed by atoms with Crippen LogP contribution in [-0.4, -0.2) is 56.4 Å². The SMILES string of the molecule is CS(=O)(=O)c1ccccc1S(=O)(=O)N1CCC(C(=O)Nc2nc(-c3ccncc3)cs2)CC1. The number of sulfone groups is 1. The lowest BCUT2D eigenvalue weighted by molar-refractivity contribution is -0.120. The molecule has 1 fully saturated rings. The monoisotopic (exact) mass is 506 g/mol. The maximum atomic E-state index is 13.1. The molecular formula is C21H22N4O5S3. The first kappa shape index (κ1) is 23.5. The molecule has 12 heteroatoms. The fraction of sp³-hybridized carbons (Fsp3) is 0.286. The summed E-state index contributed by atoms with van der Waals surface area (Å²) in [7, 11) is -7.72. The molecule has 4 rings (SSSR count). The van der Waals surface area contributed by atoms with E-state index in [0.717, 1.165) is 17.5 Å². The average Bonchev–Trinajstić information content (AvgIpc) is 3.27. The number of hydrogen-bond donors (Lipinski definition) is 1. The smallest absolute Gasteiger partial charge is 0.244 e.